The Morgan fingerprint density at radius 1 is 1.15 bits per heavy atom. The number of nitrogens with one attached hydrogen (secondary N) is 1. The first-order chi connectivity index (χ1) is 12.5. The number of benzene rings is 1. The molecule has 0 aliphatic carbocycles. The van der Waals surface area contributed by atoms with Gasteiger partial charge in [0.05, 0.1) is 25.3 Å². The highest BCUT2D eigenvalue weighted by Crippen LogP contribution is 2.21. The number of anilines is 1. The lowest BCUT2D eigenvalue weighted by molar-refractivity contribution is -0.906. The molecular formula is C21H33FN3O+. The van der Waals surface area contributed by atoms with Crippen molar-refractivity contribution in [1.29, 1.82) is 0 Å². The molecule has 26 heavy (non-hydrogen) atoms. The minimum absolute atomic E-state index is 0.177. The minimum Gasteiger partial charge on any atom is -0.366 e. The van der Waals surface area contributed by atoms with Crippen LogP contribution in [0.5, 0.6) is 0 Å². The molecule has 0 saturated carbocycles. The van der Waals surface area contributed by atoms with E-state index in [1.807, 2.05) is 17.0 Å². The van der Waals surface area contributed by atoms with E-state index < -0.39 is 0 Å². The molecule has 2 aliphatic heterocycles. The van der Waals surface area contributed by atoms with E-state index in [9.17, 15) is 9.18 Å². The second-order valence-corrected chi connectivity index (χ2v) is 8.22. The van der Waals surface area contributed by atoms with Gasteiger partial charge in [-0.05, 0) is 24.5 Å². The SMILES string of the molecule is CC(C)CC[NH+]1CCC(C(=O)N2CCN(c3ccccc3F)CC2)CC1. The molecule has 1 aromatic carbocycles. The van der Waals surface area contributed by atoms with Crippen molar-refractivity contribution >= 4 is 11.6 Å². The highest BCUT2D eigenvalue weighted by atomic mass is 19.1. The number of likely N-dealkylation sites (tertiary alicyclic amines) is 1. The third kappa shape index (κ3) is 4.76. The van der Waals surface area contributed by atoms with Crippen molar-refractivity contribution in [3.63, 3.8) is 0 Å². The van der Waals surface area contributed by atoms with Crippen LogP contribution in [0.15, 0.2) is 24.3 Å². The van der Waals surface area contributed by atoms with Crippen LogP contribution in [0.1, 0.15) is 33.1 Å². The smallest absolute Gasteiger partial charge is 0.226 e. The van der Waals surface area contributed by atoms with Crippen LogP contribution < -0.4 is 9.80 Å². The van der Waals surface area contributed by atoms with Crippen molar-refractivity contribution in [3.05, 3.63) is 30.1 Å². The number of hydrogen-bond acceptors (Lipinski definition) is 2. The molecule has 0 unspecified atom stereocenters. The van der Waals surface area contributed by atoms with Crippen LogP contribution in [0.3, 0.4) is 0 Å². The van der Waals surface area contributed by atoms with Crippen molar-refractivity contribution in [2.45, 2.75) is 33.1 Å². The number of piperidine rings is 1. The van der Waals surface area contributed by atoms with E-state index in [1.54, 1.807) is 11.0 Å². The number of quaternary nitrogens is 1. The third-order valence-electron chi connectivity index (χ3n) is 5.90. The summed E-state index contributed by atoms with van der Waals surface area (Å²) >= 11 is 0. The highest BCUT2D eigenvalue weighted by molar-refractivity contribution is 5.79. The molecule has 0 bridgehead atoms. The fourth-order valence-electron chi connectivity index (χ4n) is 4.15. The second-order valence-electron chi connectivity index (χ2n) is 8.22. The van der Waals surface area contributed by atoms with E-state index in [2.05, 4.69) is 18.7 Å². The summed E-state index contributed by atoms with van der Waals surface area (Å²) in [5.41, 5.74) is 0.654. The lowest BCUT2D eigenvalue weighted by atomic mass is 9.94. The predicted molar refractivity (Wildman–Crippen MR) is 103 cm³/mol. The summed E-state index contributed by atoms with van der Waals surface area (Å²) in [6.45, 7) is 10.9. The summed E-state index contributed by atoms with van der Waals surface area (Å²) in [5, 5.41) is 0. The van der Waals surface area contributed by atoms with E-state index >= 15 is 0 Å². The number of nitrogens with zero attached hydrogens (tertiary/aromatic N) is 2. The van der Waals surface area contributed by atoms with Gasteiger partial charge in [-0.1, -0.05) is 26.0 Å². The van der Waals surface area contributed by atoms with Gasteiger partial charge in [-0.3, -0.25) is 4.79 Å². The minimum atomic E-state index is -0.177. The molecule has 0 radical (unpaired) electrons. The van der Waals surface area contributed by atoms with Crippen molar-refractivity contribution in [2.75, 3.05) is 50.7 Å². The van der Waals surface area contributed by atoms with Gasteiger partial charge in [0.2, 0.25) is 5.91 Å². The molecule has 144 valence electrons. The van der Waals surface area contributed by atoms with Gasteiger partial charge in [-0.25, -0.2) is 4.39 Å². The van der Waals surface area contributed by atoms with E-state index in [0.717, 1.165) is 31.8 Å². The van der Waals surface area contributed by atoms with Gasteiger partial charge < -0.3 is 14.7 Å². The zero-order valence-corrected chi connectivity index (χ0v) is 16.2. The zero-order chi connectivity index (χ0) is 18.5. The predicted octanol–water partition coefficient (Wildman–Crippen LogP) is 1.82. The lowest BCUT2D eigenvalue weighted by Crippen LogP contribution is -3.13. The molecule has 1 amide bonds. The maximum absolute atomic E-state index is 13.9. The van der Waals surface area contributed by atoms with Gasteiger partial charge in [0.25, 0.3) is 0 Å². The molecule has 0 atom stereocenters. The Kier molecular flexibility index (Phi) is 6.52. The normalized spacial score (nSPS) is 24.2. The first kappa shape index (κ1) is 19.2. The molecule has 3 rings (SSSR count). The van der Waals surface area contributed by atoms with Crippen LogP contribution in [0.2, 0.25) is 0 Å². The Morgan fingerprint density at radius 3 is 2.42 bits per heavy atom. The number of amides is 1. The molecule has 2 heterocycles. The van der Waals surface area contributed by atoms with E-state index in [-0.39, 0.29) is 11.7 Å². The fraction of sp³-hybridized carbons (Fsp3) is 0.667. The van der Waals surface area contributed by atoms with E-state index in [0.29, 0.717) is 37.8 Å². The van der Waals surface area contributed by atoms with Gasteiger partial charge >= 0.3 is 0 Å². The Hall–Kier alpha value is -1.62. The number of carbonyl (C=O) groups excluding carboxylic acids is 1. The zero-order valence-electron chi connectivity index (χ0n) is 16.2. The fourth-order valence-corrected chi connectivity index (χ4v) is 4.15. The van der Waals surface area contributed by atoms with Crippen LogP contribution in [0, 0.1) is 17.7 Å². The quantitative estimate of drug-likeness (QED) is 0.865. The number of hydrogen-bond donors (Lipinski definition) is 1. The van der Waals surface area contributed by atoms with Gasteiger partial charge in [-0.2, -0.15) is 0 Å². The maximum atomic E-state index is 13.9. The first-order valence-electron chi connectivity index (χ1n) is 10.2. The topological polar surface area (TPSA) is 28.0 Å². The third-order valence-corrected chi connectivity index (χ3v) is 5.90. The van der Waals surface area contributed by atoms with Crippen LogP contribution in [0.25, 0.3) is 0 Å². The van der Waals surface area contributed by atoms with Gasteiger partial charge in [0.1, 0.15) is 5.82 Å². The summed E-state index contributed by atoms with van der Waals surface area (Å²) < 4.78 is 13.9. The van der Waals surface area contributed by atoms with E-state index in [4.69, 9.17) is 0 Å². The van der Waals surface area contributed by atoms with Crippen molar-refractivity contribution in [1.82, 2.24) is 4.90 Å². The van der Waals surface area contributed by atoms with Crippen LogP contribution in [0.4, 0.5) is 10.1 Å². The Labute approximate surface area is 157 Å². The molecule has 2 aliphatic rings. The average molecular weight is 363 g/mol. The number of para-hydroxylation sites is 1. The Bertz CT molecular complexity index is 591. The van der Waals surface area contributed by atoms with E-state index in [1.165, 1.54) is 19.0 Å². The molecule has 0 aromatic heterocycles. The number of carbonyl (C=O) groups is 1. The average Bonchev–Trinajstić information content (AvgIpc) is 2.67. The molecule has 1 aromatic rings. The maximum Gasteiger partial charge on any atom is 0.226 e. The lowest BCUT2D eigenvalue weighted by Gasteiger charge is -2.38. The van der Waals surface area contributed by atoms with Gasteiger partial charge in [0, 0.05) is 44.9 Å². The first-order valence-corrected chi connectivity index (χ1v) is 10.2. The molecule has 0 spiro atoms. The van der Waals surface area contributed by atoms with Crippen molar-refractivity contribution < 1.29 is 14.1 Å². The number of rotatable bonds is 5. The molecule has 4 nitrogen and oxygen atoms in total. The van der Waals surface area contributed by atoms with Crippen molar-refractivity contribution in [2.24, 2.45) is 11.8 Å². The summed E-state index contributed by atoms with van der Waals surface area (Å²) in [6, 6.07) is 6.91. The van der Waals surface area contributed by atoms with Crippen LogP contribution >= 0.6 is 0 Å². The number of halogens is 1. The molecule has 2 saturated heterocycles. The largest absolute Gasteiger partial charge is 0.366 e. The van der Waals surface area contributed by atoms with Gasteiger partial charge in [0.15, 0.2) is 0 Å². The summed E-state index contributed by atoms with van der Waals surface area (Å²) in [5.74, 6) is 1.09. The molecular weight excluding hydrogens is 329 g/mol. The second kappa shape index (κ2) is 8.85. The summed E-state index contributed by atoms with van der Waals surface area (Å²) in [7, 11) is 0. The Morgan fingerprint density at radius 2 is 1.81 bits per heavy atom. The molecule has 2 fully saturated rings. The summed E-state index contributed by atoms with van der Waals surface area (Å²) in [4.78, 5) is 18.6. The van der Waals surface area contributed by atoms with Crippen LogP contribution in [-0.2, 0) is 4.79 Å². The standard InChI is InChI=1S/C21H32FN3O/c1-17(2)7-10-23-11-8-18(9-12-23)21(26)25-15-13-24(14-16-25)20-6-4-3-5-19(20)22/h3-6,17-18H,7-16H2,1-2H3/p+1. The monoisotopic (exact) mass is 362 g/mol. The molecule has 5 heteroatoms. The number of piperazine rings is 1. The summed E-state index contributed by atoms with van der Waals surface area (Å²) in [6.07, 6.45) is 3.30. The van der Waals surface area contributed by atoms with Crippen LogP contribution in [-0.4, -0.2) is 56.6 Å². The van der Waals surface area contributed by atoms with Crippen molar-refractivity contribution in [3.8, 4) is 0 Å². The molecule has 1 N–H and O–H groups in total. The van der Waals surface area contributed by atoms with Gasteiger partial charge in [-0.15, -0.1) is 0 Å². The Balaban J connectivity index is 1.45. The highest BCUT2D eigenvalue weighted by Gasteiger charge is 2.32.